The Hall–Kier alpha value is -2.28. The Kier molecular flexibility index (Phi) is 5.48. The van der Waals surface area contributed by atoms with E-state index in [1.165, 1.54) is 4.88 Å². The number of piperidine rings is 1. The maximum Gasteiger partial charge on any atom is 0.258 e. The first-order chi connectivity index (χ1) is 13.2. The van der Waals surface area contributed by atoms with Crippen molar-refractivity contribution < 1.29 is 4.79 Å². The van der Waals surface area contributed by atoms with Crippen molar-refractivity contribution in [2.75, 3.05) is 18.4 Å². The lowest BCUT2D eigenvalue weighted by Crippen LogP contribution is -2.26. The SMILES string of the molecule is O=C(Nc1ncc(C2CCNCC2)s1)c1cc(-c2ccccn2)ccc1Cl. The van der Waals surface area contributed by atoms with Crippen LogP contribution in [0.1, 0.15) is 34.0 Å². The number of anilines is 1. The molecule has 7 heteroatoms. The molecule has 0 spiro atoms. The summed E-state index contributed by atoms with van der Waals surface area (Å²) >= 11 is 7.81. The molecule has 1 aromatic carbocycles. The monoisotopic (exact) mass is 398 g/mol. The van der Waals surface area contributed by atoms with Gasteiger partial charge in [-0.15, -0.1) is 11.3 Å². The van der Waals surface area contributed by atoms with Gasteiger partial charge in [0.2, 0.25) is 0 Å². The third kappa shape index (κ3) is 4.18. The lowest BCUT2D eigenvalue weighted by atomic mass is 9.97. The van der Waals surface area contributed by atoms with E-state index in [0.717, 1.165) is 37.2 Å². The van der Waals surface area contributed by atoms with E-state index < -0.39 is 0 Å². The standard InChI is InChI=1S/C20H19ClN4OS/c21-16-5-4-14(17-3-1-2-8-23-17)11-15(16)19(26)25-20-24-12-18(27-20)13-6-9-22-10-7-13/h1-5,8,11-13,22H,6-7,9-10H2,(H,24,25,26). The molecule has 1 amide bonds. The number of aromatic nitrogens is 2. The molecule has 1 aliphatic heterocycles. The molecule has 0 bridgehead atoms. The zero-order chi connectivity index (χ0) is 18.6. The fourth-order valence-electron chi connectivity index (χ4n) is 3.20. The molecule has 0 unspecified atom stereocenters. The highest BCUT2D eigenvalue weighted by molar-refractivity contribution is 7.15. The van der Waals surface area contributed by atoms with Crippen LogP contribution in [0, 0.1) is 0 Å². The molecular formula is C20H19ClN4OS. The number of hydrogen-bond donors (Lipinski definition) is 2. The number of amides is 1. The van der Waals surface area contributed by atoms with Gasteiger partial charge in [0.15, 0.2) is 5.13 Å². The molecule has 2 aromatic heterocycles. The van der Waals surface area contributed by atoms with Gasteiger partial charge in [-0.3, -0.25) is 15.1 Å². The van der Waals surface area contributed by atoms with Gasteiger partial charge in [0.1, 0.15) is 0 Å². The minimum atomic E-state index is -0.260. The normalized spacial score (nSPS) is 14.9. The van der Waals surface area contributed by atoms with Crippen molar-refractivity contribution in [2.45, 2.75) is 18.8 Å². The summed E-state index contributed by atoms with van der Waals surface area (Å²) in [6, 6.07) is 11.0. The van der Waals surface area contributed by atoms with Crippen LogP contribution in [0.15, 0.2) is 48.8 Å². The van der Waals surface area contributed by atoms with Crippen LogP contribution in [-0.2, 0) is 0 Å². The molecule has 2 N–H and O–H groups in total. The first kappa shape index (κ1) is 18.1. The van der Waals surface area contributed by atoms with Crippen LogP contribution in [0.4, 0.5) is 5.13 Å². The maximum atomic E-state index is 12.7. The number of thiazole rings is 1. The zero-order valence-electron chi connectivity index (χ0n) is 14.6. The summed E-state index contributed by atoms with van der Waals surface area (Å²) in [6.45, 7) is 2.06. The average molecular weight is 399 g/mol. The Balaban J connectivity index is 1.52. The summed E-state index contributed by atoms with van der Waals surface area (Å²) < 4.78 is 0. The van der Waals surface area contributed by atoms with Crippen LogP contribution in [0.25, 0.3) is 11.3 Å². The second-order valence-corrected chi connectivity index (χ2v) is 7.93. The third-order valence-corrected chi connectivity index (χ3v) is 6.06. The fraction of sp³-hybridized carbons (Fsp3) is 0.250. The molecule has 3 aromatic rings. The van der Waals surface area contributed by atoms with Gasteiger partial charge >= 0.3 is 0 Å². The second kappa shape index (κ2) is 8.17. The Morgan fingerprint density at radius 3 is 2.81 bits per heavy atom. The van der Waals surface area contributed by atoms with Gasteiger partial charge in [0, 0.05) is 22.8 Å². The molecule has 0 aliphatic carbocycles. The number of pyridine rings is 1. The van der Waals surface area contributed by atoms with E-state index in [9.17, 15) is 4.79 Å². The van der Waals surface area contributed by atoms with Crippen molar-refractivity contribution in [1.82, 2.24) is 15.3 Å². The summed E-state index contributed by atoms with van der Waals surface area (Å²) in [6.07, 6.45) is 5.81. The van der Waals surface area contributed by atoms with Crippen LogP contribution in [0.5, 0.6) is 0 Å². The summed E-state index contributed by atoms with van der Waals surface area (Å²) in [5.41, 5.74) is 2.06. The predicted molar refractivity (Wildman–Crippen MR) is 110 cm³/mol. The number of rotatable bonds is 4. The number of carbonyl (C=O) groups excluding carboxylic acids is 1. The fourth-order valence-corrected chi connectivity index (χ4v) is 4.38. The van der Waals surface area contributed by atoms with E-state index in [0.29, 0.717) is 21.6 Å². The smallest absolute Gasteiger partial charge is 0.258 e. The number of carbonyl (C=O) groups is 1. The van der Waals surface area contributed by atoms with E-state index in [4.69, 9.17) is 11.6 Å². The molecule has 1 fully saturated rings. The number of hydrogen-bond acceptors (Lipinski definition) is 5. The topological polar surface area (TPSA) is 66.9 Å². The maximum absolute atomic E-state index is 12.7. The lowest BCUT2D eigenvalue weighted by Gasteiger charge is -2.20. The van der Waals surface area contributed by atoms with Gasteiger partial charge in [-0.05, 0) is 56.1 Å². The minimum Gasteiger partial charge on any atom is -0.317 e. The van der Waals surface area contributed by atoms with Gasteiger partial charge in [-0.2, -0.15) is 0 Å². The molecular weight excluding hydrogens is 380 g/mol. The highest BCUT2D eigenvalue weighted by Crippen LogP contribution is 2.32. The largest absolute Gasteiger partial charge is 0.317 e. The van der Waals surface area contributed by atoms with Crippen LogP contribution in [-0.4, -0.2) is 29.0 Å². The molecule has 1 aliphatic rings. The number of nitrogens with zero attached hydrogens (tertiary/aromatic N) is 2. The van der Waals surface area contributed by atoms with Crippen LogP contribution < -0.4 is 10.6 Å². The molecule has 4 rings (SSSR count). The second-order valence-electron chi connectivity index (χ2n) is 6.46. The summed E-state index contributed by atoms with van der Waals surface area (Å²) in [7, 11) is 0. The molecule has 5 nitrogen and oxygen atoms in total. The Bertz CT molecular complexity index is 938. The molecule has 27 heavy (non-hydrogen) atoms. The van der Waals surface area contributed by atoms with Crippen molar-refractivity contribution in [1.29, 1.82) is 0 Å². The number of halogens is 1. The Labute approximate surface area is 166 Å². The molecule has 0 saturated carbocycles. The number of nitrogens with one attached hydrogen (secondary N) is 2. The zero-order valence-corrected chi connectivity index (χ0v) is 16.2. The third-order valence-electron chi connectivity index (χ3n) is 4.66. The van der Waals surface area contributed by atoms with E-state index in [1.807, 2.05) is 30.5 Å². The first-order valence-corrected chi connectivity index (χ1v) is 10.1. The van der Waals surface area contributed by atoms with Crippen LogP contribution in [0.2, 0.25) is 5.02 Å². The molecule has 1 saturated heterocycles. The lowest BCUT2D eigenvalue weighted by molar-refractivity contribution is 0.102. The van der Waals surface area contributed by atoms with Gasteiger partial charge < -0.3 is 5.32 Å². The average Bonchev–Trinajstić information content (AvgIpc) is 3.18. The van der Waals surface area contributed by atoms with Gasteiger partial charge in [-0.1, -0.05) is 23.7 Å². The van der Waals surface area contributed by atoms with E-state index in [2.05, 4.69) is 20.6 Å². The van der Waals surface area contributed by atoms with Crippen LogP contribution >= 0.6 is 22.9 Å². The summed E-state index contributed by atoms with van der Waals surface area (Å²) in [5, 5.41) is 7.26. The van der Waals surface area contributed by atoms with Crippen molar-refractivity contribution >= 4 is 34.0 Å². The Morgan fingerprint density at radius 1 is 1.19 bits per heavy atom. The Morgan fingerprint density at radius 2 is 2.04 bits per heavy atom. The van der Waals surface area contributed by atoms with E-state index in [-0.39, 0.29) is 5.91 Å². The van der Waals surface area contributed by atoms with Crippen molar-refractivity contribution in [3.63, 3.8) is 0 Å². The molecule has 0 radical (unpaired) electrons. The molecule has 0 atom stereocenters. The van der Waals surface area contributed by atoms with Gasteiger partial charge in [-0.25, -0.2) is 4.98 Å². The molecule has 3 heterocycles. The van der Waals surface area contributed by atoms with Crippen molar-refractivity contribution in [3.05, 3.63) is 64.3 Å². The van der Waals surface area contributed by atoms with Gasteiger partial charge in [0.05, 0.1) is 16.3 Å². The minimum absolute atomic E-state index is 0.260. The summed E-state index contributed by atoms with van der Waals surface area (Å²) in [5.74, 6) is 0.259. The van der Waals surface area contributed by atoms with Crippen molar-refractivity contribution in [2.24, 2.45) is 0 Å². The van der Waals surface area contributed by atoms with E-state index in [1.54, 1.807) is 29.7 Å². The molecule has 138 valence electrons. The summed E-state index contributed by atoms with van der Waals surface area (Å²) in [4.78, 5) is 22.7. The predicted octanol–water partition coefficient (Wildman–Crippen LogP) is 4.58. The van der Waals surface area contributed by atoms with E-state index >= 15 is 0 Å². The highest BCUT2D eigenvalue weighted by atomic mass is 35.5. The van der Waals surface area contributed by atoms with Gasteiger partial charge in [0.25, 0.3) is 5.91 Å². The van der Waals surface area contributed by atoms with Crippen molar-refractivity contribution in [3.8, 4) is 11.3 Å². The highest BCUT2D eigenvalue weighted by Gasteiger charge is 2.19. The number of benzene rings is 1. The van der Waals surface area contributed by atoms with Crippen LogP contribution in [0.3, 0.4) is 0 Å². The first-order valence-electron chi connectivity index (χ1n) is 8.89. The quantitative estimate of drug-likeness (QED) is 0.675.